The fourth-order valence-corrected chi connectivity index (χ4v) is 3.02. The highest BCUT2D eigenvalue weighted by Gasteiger charge is 2.20. The summed E-state index contributed by atoms with van der Waals surface area (Å²) in [4.78, 5) is 27.0. The van der Waals surface area contributed by atoms with Gasteiger partial charge < -0.3 is 20.9 Å². The summed E-state index contributed by atoms with van der Waals surface area (Å²) in [6.45, 7) is 3.72. The van der Waals surface area contributed by atoms with Gasteiger partial charge in [-0.2, -0.15) is 0 Å². The Balaban J connectivity index is 1.64. The van der Waals surface area contributed by atoms with Gasteiger partial charge in [0.1, 0.15) is 0 Å². The Bertz CT molecular complexity index is 559. The summed E-state index contributed by atoms with van der Waals surface area (Å²) in [6.07, 6.45) is 3.16. The second kappa shape index (κ2) is 9.37. The van der Waals surface area contributed by atoms with E-state index in [9.17, 15) is 9.59 Å². The molecule has 0 aromatic heterocycles. The molecular weight excluding hydrogens is 328 g/mol. The maximum atomic E-state index is 12.2. The van der Waals surface area contributed by atoms with Crippen molar-refractivity contribution in [3.05, 3.63) is 29.3 Å². The van der Waals surface area contributed by atoms with Crippen LogP contribution >= 0.6 is 11.6 Å². The highest BCUT2D eigenvalue weighted by Crippen LogP contribution is 2.21. The van der Waals surface area contributed by atoms with E-state index in [0.717, 1.165) is 56.2 Å². The number of nitrogens with one attached hydrogen (secondary N) is 1. The van der Waals surface area contributed by atoms with Crippen LogP contribution in [0.3, 0.4) is 0 Å². The topological polar surface area (TPSA) is 78.7 Å². The van der Waals surface area contributed by atoms with Crippen LogP contribution in [0.1, 0.15) is 25.7 Å². The van der Waals surface area contributed by atoms with E-state index in [0.29, 0.717) is 13.0 Å². The van der Waals surface area contributed by atoms with Gasteiger partial charge in [-0.25, -0.2) is 4.79 Å². The molecular formula is C17H25ClN4O2. The van der Waals surface area contributed by atoms with Gasteiger partial charge in [0.25, 0.3) is 0 Å². The monoisotopic (exact) mass is 352 g/mol. The smallest absolute Gasteiger partial charge is 0.312 e. The largest absolute Gasteiger partial charge is 0.368 e. The molecule has 1 fully saturated rings. The molecule has 0 bridgehead atoms. The van der Waals surface area contributed by atoms with E-state index in [1.807, 2.05) is 29.2 Å². The van der Waals surface area contributed by atoms with Crippen LogP contribution in [0.2, 0.25) is 5.02 Å². The fraction of sp³-hybridized carbons (Fsp3) is 0.529. The molecule has 0 saturated carbocycles. The van der Waals surface area contributed by atoms with E-state index in [-0.39, 0.29) is 5.91 Å². The highest BCUT2D eigenvalue weighted by atomic mass is 35.5. The van der Waals surface area contributed by atoms with Crippen molar-refractivity contribution >= 4 is 29.2 Å². The van der Waals surface area contributed by atoms with Gasteiger partial charge in [0.2, 0.25) is 5.91 Å². The van der Waals surface area contributed by atoms with Gasteiger partial charge in [-0.05, 0) is 31.0 Å². The number of halogens is 1. The van der Waals surface area contributed by atoms with Gasteiger partial charge in [-0.3, -0.25) is 4.79 Å². The summed E-state index contributed by atoms with van der Waals surface area (Å²) in [5.74, 6) is 0.212. The van der Waals surface area contributed by atoms with Crippen molar-refractivity contribution in [1.82, 2.24) is 10.2 Å². The lowest BCUT2D eigenvalue weighted by Gasteiger charge is -2.36. The van der Waals surface area contributed by atoms with Gasteiger partial charge in [-0.1, -0.05) is 24.1 Å². The Morgan fingerprint density at radius 1 is 1.12 bits per heavy atom. The maximum Gasteiger partial charge on any atom is 0.312 e. The summed E-state index contributed by atoms with van der Waals surface area (Å²) < 4.78 is 0. The van der Waals surface area contributed by atoms with E-state index in [1.165, 1.54) is 0 Å². The minimum absolute atomic E-state index is 0.212. The normalized spacial score (nSPS) is 14.5. The Morgan fingerprint density at radius 2 is 1.88 bits per heavy atom. The predicted molar refractivity (Wildman–Crippen MR) is 96.3 cm³/mol. The first-order chi connectivity index (χ1) is 11.6. The van der Waals surface area contributed by atoms with Crippen LogP contribution in [0.25, 0.3) is 0 Å². The molecule has 1 saturated heterocycles. The summed E-state index contributed by atoms with van der Waals surface area (Å²) in [5.41, 5.74) is 6.10. The molecule has 6 nitrogen and oxygen atoms in total. The molecule has 7 heteroatoms. The van der Waals surface area contributed by atoms with Gasteiger partial charge in [0, 0.05) is 49.9 Å². The summed E-state index contributed by atoms with van der Waals surface area (Å²) >= 11 is 6.03. The van der Waals surface area contributed by atoms with Crippen molar-refractivity contribution in [2.45, 2.75) is 25.7 Å². The quantitative estimate of drug-likeness (QED) is 0.738. The standard InChI is InChI=1S/C17H25ClN4O2/c18-14-5-4-6-15(13-14)21-9-11-22(12-10-21)16(23)7-2-1-3-8-20-17(19)24/h4-6,13H,1-3,7-12H2,(H3,19,20,24). The van der Waals surface area contributed by atoms with Crippen LogP contribution in [0.5, 0.6) is 0 Å². The van der Waals surface area contributed by atoms with Crippen LogP contribution in [-0.2, 0) is 4.79 Å². The third-order valence-corrected chi connectivity index (χ3v) is 4.41. The minimum atomic E-state index is -0.497. The molecule has 3 amide bonds. The number of carbonyl (C=O) groups is 2. The summed E-state index contributed by atoms with van der Waals surface area (Å²) in [5, 5.41) is 3.28. The number of amides is 3. The number of carbonyl (C=O) groups excluding carboxylic acids is 2. The number of urea groups is 1. The maximum absolute atomic E-state index is 12.2. The van der Waals surface area contributed by atoms with Crippen molar-refractivity contribution in [1.29, 1.82) is 0 Å². The van der Waals surface area contributed by atoms with Crippen LogP contribution in [0.4, 0.5) is 10.5 Å². The SMILES string of the molecule is NC(=O)NCCCCCC(=O)N1CCN(c2cccc(Cl)c2)CC1. The number of anilines is 1. The third-order valence-electron chi connectivity index (χ3n) is 4.17. The summed E-state index contributed by atoms with van der Waals surface area (Å²) in [6, 6.07) is 7.32. The number of hydrogen-bond donors (Lipinski definition) is 2. The molecule has 3 N–H and O–H groups in total. The third kappa shape index (κ3) is 5.92. The number of piperazine rings is 1. The average molecular weight is 353 g/mol. The molecule has 1 aromatic carbocycles. The molecule has 1 aromatic rings. The van der Waals surface area contributed by atoms with Crippen LogP contribution in [0, 0.1) is 0 Å². The Labute approximate surface area is 147 Å². The zero-order valence-corrected chi connectivity index (χ0v) is 14.6. The zero-order valence-electron chi connectivity index (χ0n) is 13.8. The number of unbranched alkanes of at least 4 members (excludes halogenated alkanes) is 2. The molecule has 0 atom stereocenters. The lowest BCUT2D eigenvalue weighted by Crippen LogP contribution is -2.48. The lowest BCUT2D eigenvalue weighted by atomic mass is 10.1. The second-order valence-electron chi connectivity index (χ2n) is 5.95. The predicted octanol–water partition coefficient (Wildman–Crippen LogP) is 2.22. The van der Waals surface area contributed by atoms with E-state index in [1.54, 1.807) is 0 Å². The number of primary amides is 1. The van der Waals surface area contributed by atoms with Crippen molar-refractivity contribution in [3.63, 3.8) is 0 Å². The summed E-state index contributed by atoms with van der Waals surface area (Å²) in [7, 11) is 0. The average Bonchev–Trinajstić information content (AvgIpc) is 2.57. The number of benzene rings is 1. The second-order valence-corrected chi connectivity index (χ2v) is 6.39. The number of nitrogens with two attached hydrogens (primary N) is 1. The van der Waals surface area contributed by atoms with Crippen molar-refractivity contribution in [2.75, 3.05) is 37.6 Å². The molecule has 0 unspecified atom stereocenters. The molecule has 24 heavy (non-hydrogen) atoms. The lowest BCUT2D eigenvalue weighted by molar-refractivity contribution is -0.131. The first-order valence-corrected chi connectivity index (χ1v) is 8.75. The fourth-order valence-electron chi connectivity index (χ4n) is 2.83. The van der Waals surface area contributed by atoms with Gasteiger partial charge in [-0.15, -0.1) is 0 Å². The first-order valence-electron chi connectivity index (χ1n) is 8.38. The number of hydrogen-bond acceptors (Lipinski definition) is 3. The molecule has 1 heterocycles. The van der Waals surface area contributed by atoms with Gasteiger partial charge >= 0.3 is 6.03 Å². The Morgan fingerprint density at radius 3 is 2.54 bits per heavy atom. The molecule has 1 aliphatic heterocycles. The van der Waals surface area contributed by atoms with Crippen molar-refractivity contribution in [3.8, 4) is 0 Å². The van der Waals surface area contributed by atoms with Gasteiger partial charge in [0.15, 0.2) is 0 Å². The van der Waals surface area contributed by atoms with E-state index in [2.05, 4.69) is 10.2 Å². The van der Waals surface area contributed by atoms with Crippen molar-refractivity contribution in [2.24, 2.45) is 5.73 Å². The first kappa shape index (κ1) is 18.4. The van der Waals surface area contributed by atoms with E-state index in [4.69, 9.17) is 17.3 Å². The van der Waals surface area contributed by atoms with Crippen molar-refractivity contribution < 1.29 is 9.59 Å². The molecule has 0 radical (unpaired) electrons. The molecule has 2 rings (SSSR count). The Hall–Kier alpha value is -1.95. The minimum Gasteiger partial charge on any atom is -0.368 e. The molecule has 0 aliphatic carbocycles. The van der Waals surface area contributed by atoms with Gasteiger partial charge in [0.05, 0.1) is 0 Å². The number of nitrogens with zero attached hydrogens (tertiary/aromatic N) is 2. The van der Waals surface area contributed by atoms with Crippen LogP contribution in [-0.4, -0.2) is 49.6 Å². The zero-order chi connectivity index (χ0) is 17.4. The van der Waals surface area contributed by atoms with E-state index < -0.39 is 6.03 Å². The highest BCUT2D eigenvalue weighted by molar-refractivity contribution is 6.30. The molecule has 132 valence electrons. The van der Waals surface area contributed by atoms with E-state index >= 15 is 0 Å². The number of rotatable bonds is 7. The Kier molecular flexibility index (Phi) is 7.18. The molecule has 0 spiro atoms. The molecule has 1 aliphatic rings. The van der Waals surface area contributed by atoms with Crippen LogP contribution < -0.4 is 16.0 Å². The van der Waals surface area contributed by atoms with Crippen LogP contribution in [0.15, 0.2) is 24.3 Å².